The van der Waals surface area contributed by atoms with Gasteiger partial charge in [0, 0.05) is 5.56 Å². The van der Waals surface area contributed by atoms with Crippen molar-refractivity contribution in [1.29, 1.82) is 0 Å². The number of rotatable bonds is 5. The Balaban J connectivity index is 2.73. The van der Waals surface area contributed by atoms with Gasteiger partial charge in [-0.3, -0.25) is 0 Å². The van der Waals surface area contributed by atoms with Gasteiger partial charge in [0.05, 0.1) is 11.4 Å². The van der Waals surface area contributed by atoms with Crippen LogP contribution in [0.1, 0.15) is 63.8 Å². The molecule has 2 rings (SSSR count). The maximum atomic E-state index is 6.19. The summed E-state index contributed by atoms with van der Waals surface area (Å²) in [5.74, 6) is 0.729. The first-order chi connectivity index (χ1) is 10.1. The van der Waals surface area contributed by atoms with Crippen LogP contribution in [0.2, 0.25) is 5.28 Å². The highest BCUT2D eigenvalue weighted by molar-refractivity contribution is 6.28. The van der Waals surface area contributed by atoms with Gasteiger partial charge in [-0.2, -0.15) is 0 Å². The molecule has 2 unspecified atom stereocenters. The van der Waals surface area contributed by atoms with E-state index in [1.54, 1.807) is 0 Å². The molecule has 3 heteroatoms. The molecule has 21 heavy (non-hydrogen) atoms. The Morgan fingerprint density at radius 3 is 1.81 bits per heavy atom. The van der Waals surface area contributed by atoms with Gasteiger partial charge in [-0.25, -0.2) is 9.97 Å². The van der Waals surface area contributed by atoms with Crippen molar-refractivity contribution < 1.29 is 0 Å². The fourth-order valence-electron chi connectivity index (χ4n) is 2.47. The summed E-state index contributed by atoms with van der Waals surface area (Å²) in [6, 6.07) is 10.4. The van der Waals surface area contributed by atoms with E-state index in [1.807, 2.05) is 6.07 Å². The summed E-state index contributed by atoms with van der Waals surface area (Å²) in [5.41, 5.74) is 4.49. The molecule has 0 N–H and O–H groups in total. The molecule has 0 bridgehead atoms. The maximum Gasteiger partial charge on any atom is 0.222 e. The molecule has 0 amide bonds. The second kappa shape index (κ2) is 7.04. The van der Waals surface area contributed by atoms with Crippen LogP contribution in [0, 0.1) is 0 Å². The molecule has 112 valence electrons. The second-order valence-corrected chi connectivity index (χ2v) is 5.96. The first-order valence-electron chi connectivity index (χ1n) is 7.71. The largest absolute Gasteiger partial charge is 0.222 e. The summed E-state index contributed by atoms with van der Waals surface area (Å²) in [4.78, 5) is 9.10. The van der Waals surface area contributed by atoms with Gasteiger partial charge in [-0.15, -0.1) is 0 Å². The summed E-state index contributed by atoms with van der Waals surface area (Å²) < 4.78 is 0. The fourth-order valence-corrected chi connectivity index (χ4v) is 2.65. The van der Waals surface area contributed by atoms with Crippen molar-refractivity contribution >= 4 is 11.6 Å². The molecule has 2 aromatic rings. The summed E-state index contributed by atoms with van der Waals surface area (Å²) in [7, 11) is 0. The summed E-state index contributed by atoms with van der Waals surface area (Å²) >= 11 is 6.19. The molecule has 2 nitrogen and oxygen atoms in total. The first-order valence-corrected chi connectivity index (χ1v) is 8.08. The number of aromatic nitrogens is 2. The second-order valence-electron chi connectivity index (χ2n) is 5.62. The Morgan fingerprint density at radius 1 is 0.905 bits per heavy atom. The Morgan fingerprint density at radius 2 is 1.38 bits per heavy atom. The van der Waals surface area contributed by atoms with Crippen LogP contribution in [-0.2, 0) is 0 Å². The van der Waals surface area contributed by atoms with Gasteiger partial charge >= 0.3 is 0 Å². The van der Waals surface area contributed by atoms with Gasteiger partial charge in [-0.1, -0.05) is 58.0 Å². The average Bonchev–Trinajstić information content (AvgIpc) is 2.53. The minimum atomic E-state index is 0.361. The standard InChI is InChI=1S/C18H23ClN2/c1-5-12(3)16-15(14-10-8-7-9-11-14)17(13(4)6-2)21-18(19)20-16/h7-13H,5-6H2,1-4H3. The molecular formula is C18H23ClN2. The highest BCUT2D eigenvalue weighted by atomic mass is 35.5. The maximum absolute atomic E-state index is 6.19. The normalized spacial score (nSPS) is 14.0. The third kappa shape index (κ3) is 3.44. The molecule has 0 radical (unpaired) electrons. The van der Waals surface area contributed by atoms with E-state index in [1.165, 1.54) is 11.1 Å². The van der Waals surface area contributed by atoms with Gasteiger partial charge in [0.15, 0.2) is 0 Å². The van der Waals surface area contributed by atoms with Crippen molar-refractivity contribution in [1.82, 2.24) is 9.97 Å². The smallest absolute Gasteiger partial charge is 0.222 e. The van der Waals surface area contributed by atoms with Crippen LogP contribution in [-0.4, -0.2) is 9.97 Å². The van der Waals surface area contributed by atoms with Crippen LogP contribution < -0.4 is 0 Å². The lowest BCUT2D eigenvalue weighted by Gasteiger charge is -2.20. The van der Waals surface area contributed by atoms with E-state index in [-0.39, 0.29) is 0 Å². The monoisotopic (exact) mass is 302 g/mol. The molecule has 0 spiro atoms. The zero-order valence-electron chi connectivity index (χ0n) is 13.2. The van der Waals surface area contributed by atoms with Gasteiger partial charge in [-0.05, 0) is 41.8 Å². The predicted molar refractivity (Wildman–Crippen MR) is 89.9 cm³/mol. The van der Waals surface area contributed by atoms with E-state index in [0.717, 1.165) is 24.2 Å². The summed E-state index contributed by atoms with van der Waals surface area (Å²) in [6.45, 7) is 8.76. The van der Waals surface area contributed by atoms with Crippen molar-refractivity contribution in [2.45, 2.75) is 52.4 Å². The van der Waals surface area contributed by atoms with Crippen molar-refractivity contribution in [3.63, 3.8) is 0 Å². The highest BCUT2D eigenvalue weighted by Crippen LogP contribution is 2.36. The Kier molecular flexibility index (Phi) is 5.35. The SMILES string of the molecule is CCC(C)c1nc(Cl)nc(C(C)CC)c1-c1ccccc1. The van der Waals surface area contributed by atoms with Crippen LogP contribution in [0.3, 0.4) is 0 Å². The van der Waals surface area contributed by atoms with Crippen molar-refractivity contribution in [3.05, 3.63) is 47.0 Å². The number of benzene rings is 1. The van der Waals surface area contributed by atoms with E-state index in [2.05, 4.69) is 61.9 Å². The summed E-state index contributed by atoms with van der Waals surface area (Å²) in [6.07, 6.45) is 2.07. The molecule has 0 saturated carbocycles. The summed E-state index contributed by atoms with van der Waals surface area (Å²) in [5, 5.41) is 0.361. The lowest BCUT2D eigenvalue weighted by atomic mass is 9.89. The molecule has 0 saturated heterocycles. The lowest BCUT2D eigenvalue weighted by Crippen LogP contribution is -2.08. The molecule has 1 aromatic heterocycles. The van der Waals surface area contributed by atoms with E-state index in [9.17, 15) is 0 Å². The average molecular weight is 303 g/mol. The van der Waals surface area contributed by atoms with Crippen LogP contribution >= 0.6 is 11.6 Å². The van der Waals surface area contributed by atoms with Crippen LogP contribution in [0.25, 0.3) is 11.1 Å². The molecule has 1 aromatic carbocycles. The molecule has 0 aliphatic carbocycles. The van der Waals surface area contributed by atoms with Gasteiger partial charge in [0.25, 0.3) is 0 Å². The highest BCUT2D eigenvalue weighted by Gasteiger charge is 2.21. The minimum Gasteiger partial charge on any atom is -0.222 e. The fraction of sp³-hybridized carbons (Fsp3) is 0.444. The molecular weight excluding hydrogens is 280 g/mol. The van der Waals surface area contributed by atoms with Crippen molar-refractivity contribution in [3.8, 4) is 11.1 Å². The van der Waals surface area contributed by atoms with E-state index >= 15 is 0 Å². The third-order valence-electron chi connectivity index (χ3n) is 4.16. The van der Waals surface area contributed by atoms with Crippen LogP contribution in [0.4, 0.5) is 0 Å². The minimum absolute atomic E-state index is 0.361. The van der Waals surface area contributed by atoms with Crippen LogP contribution in [0.15, 0.2) is 30.3 Å². The van der Waals surface area contributed by atoms with Crippen LogP contribution in [0.5, 0.6) is 0 Å². The third-order valence-corrected chi connectivity index (χ3v) is 4.33. The molecule has 0 fully saturated rings. The van der Waals surface area contributed by atoms with Gasteiger partial charge in [0.1, 0.15) is 0 Å². The Hall–Kier alpha value is -1.41. The van der Waals surface area contributed by atoms with Gasteiger partial charge in [0.2, 0.25) is 5.28 Å². The number of hydrogen-bond donors (Lipinski definition) is 0. The van der Waals surface area contributed by atoms with Gasteiger partial charge < -0.3 is 0 Å². The van der Waals surface area contributed by atoms with Crippen molar-refractivity contribution in [2.75, 3.05) is 0 Å². The first kappa shape index (κ1) is 16.0. The molecule has 0 aliphatic rings. The Bertz CT molecular complexity index is 564. The molecule has 0 aliphatic heterocycles. The predicted octanol–water partition coefficient (Wildman–Crippen LogP) is 5.82. The molecule has 2 atom stereocenters. The zero-order chi connectivity index (χ0) is 15.4. The zero-order valence-corrected chi connectivity index (χ0v) is 14.0. The number of halogens is 1. The molecule has 1 heterocycles. The number of nitrogens with zero attached hydrogens (tertiary/aromatic N) is 2. The lowest BCUT2D eigenvalue weighted by molar-refractivity contribution is 0.675. The topological polar surface area (TPSA) is 25.8 Å². The quantitative estimate of drug-likeness (QED) is 0.650. The number of hydrogen-bond acceptors (Lipinski definition) is 2. The van der Waals surface area contributed by atoms with Crippen molar-refractivity contribution in [2.24, 2.45) is 0 Å². The van der Waals surface area contributed by atoms with E-state index < -0.39 is 0 Å². The Labute approximate surface area is 132 Å². The van der Waals surface area contributed by atoms with E-state index in [0.29, 0.717) is 17.1 Å². The van der Waals surface area contributed by atoms with E-state index in [4.69, 9.17) is 11.6 Å².